The van der Waals surface area contributed by atoms with E-state index in [0.29, 0.717) is 35.7 Å². The van der Waals surface area contributed by atoms with Crippen molar-refractivity contribution >= 4 is 11.9 Å². The average Bonchev–Trinajstić information content (AvgIpc) is 3.33. The Morgan fingerprint density at radius 1 is 1.00 bits per heavy atom. The Hall–Kier alpha value is -4.46. The number of carboxylic acids is 1. The summed E-state index contributed by atoms with van der Waals surface area (Å²) in [5.74, 6) is -1.08. The molecular weight excluding hydrogens is 485 g/mol. The number of aliphatic carboxylic acids is 1. The lowest BCUT2D eigenvalue weighted by Crippen LogP contribution is -2.37. The van der Waals surface area contributed by atoms with Crippen LogP contribution in [0.15, 0.2) is 84.9 Å². The number of benzene rings is 3. The van der Waals surface area contributed by atoms with Gasteiger partial charge >= 0.3 is 5.97 Å². The Bertz CT molecular complexity index is 1380. The fourth-order valence-electron chi connectivity index (χ4n) is 4.23. The predicted octanol–water partition coefficient (Wildman–Crippen LogP) is 5.88. The summed E-state index contributed by atoms with van der Waals surface area (Å²) in [5.41, 5.74) is 2.94. The van der Waals surface area contributed by atoms with Crippen LogP contribution in [0.2, 0.25) is 0 Å². The number of carboxylic acid groups (broad SMARTS) is 1. The van der Waals surface area contributed by atoms with E-state index >= 15 is 0 Å². The van der Waals surface area contributed by atoms with Gasteiger partial charge in [-0.3, -0.25) is 9.59 Å². The van der Waals surface area contributed by atoms with Gasteiger partial charge in [0.1, 0.15) is 18.2 Å². The zero-order valence-electron chi connectivity index (χ0n) is 21.3. The van der Waals surface area contributed by atoms with Gasteiger partial charge < -0.3 is 15.2 Å². The number of nitrogens with zero attached hydrogens (tertiary/aromatic N) is 2. The van der Waals surface area contributed by atoms with E-state index < -0.39 is 23.7 Å². The highest BCUT2D eigenvalue weighted by Gasteiger charge is 2.23. The van der Waals surface area contributed by atoms with Crippen LogP contribution in [0, 0.1) is 11.7 Å². The zero-order chi connectivity index (χ0) is 27.1. The molecule has 0 saturated carbocycles. The molecule has 1 amide bonds. The topological polar surface area (TPSA) is 93.5 Å². The molecule has 3 aromatic carbocycles. The van der Waals surface area contributed by atoms with Crippen LogP contribution in [-0.4, -0.2) is 32.8 Å². The highest BCUT2D eigenvalue weighted by Crippen LogP contribution is 2.33. The molecule has 0 aliphatic carbocycles. The summed E-state index contributed by atoms with van der Waals surface area (Å²) in [7, 11) is 0. The van der Waals surface area contributed by atoms with E-state index in [1.54, 1.807) is 22.9 Å². The summed E-state index contributed by atoms with van der Waals surface area (Å²) >= 11 is 0. The van der Waals surface area contributed by atoms with Gasteiger partial charge in [-0.1, -0.05) is 56.3 Å². The van der Waals surface area contributed by atoms with E-state index in [9.17, 15) is 19.1 Å². The number of ether oxygens (including phenoxy) is 1. The van der Waals surface area contributed by atoms with Crippen LogP contribution in [0.3, 0.4) is 0 Å². The maximum absolute atomic E-state index is 13.7. The third-order valence-corrected chi connectivity index (χ3v) is 5.93. The summed E-state index contributed by atoms with van der Waals surface area (Å²) in [4.78, 5) is 24.6. The normalized spacial score (nSPS) is 11.8. The molecule has 0 radical (unpaired) electrons. The Balaban J connectivity index is 1.71. The lowest BCUT2D eigenvalue weighted by atomic mass is 10.0. The fraction of sp³-hybridized carbons (Fsp3) is 0.233. The first-order valence-corrected chi connectivity index (χ1v) is 12.4. The second-order valence-electron chi connectivity index (χ2n) is 9.47. The first-order valence-electron chi connectivity index (χ1n) is 12.4. The van der Waals surface area contributed by atoms with Gasteiger partial charge in [0, 0.05) is 11.6 Å². The number of halogens is 1. The van der Waals surface area contributed by atoms with Gasteiger partial charge in [0.25, 0.3) is 5.91 Å². The Morgan fingerprint density at radius 3 is 2.37 bits per heavy atom. The van der Waals surface area contributed by atoms with Crippen LogP contribution in [-0.2, 0) is 11.4 Å². The Morgan fingerprint density at radius 2 is 1.68 bits per heavy atom. The molecule has 0 fully saturated rings. The van der Waals surface area contributed by atoms with Gasteiger partial charge in [0.15, 0.2) is 5.69 Å². The van der Waals surface area contributed by atoms with E-state index in [1.165, 1.54) is 12.1 Å². The Kier molecular flexibility index (Phi) is 8.53. The number of nitrogens with one attached hydrogen (secondary N) is 1. The Labute approximate surface area is 220 Å². The molecule has 1 aromatic heterocycles. The van der Waals surface area contributed by atoms with Crippen molar-refractivity contribution in [2.24, 2.45) is 5.92 Å². The smallest absolute Gasteiger partial charge is 0.305 e. The number of hydrogen-bond acceptors (Lipinski definition) is 4. The van der Waals surface area contributed by atoms with Gasteiger partial charge in [-0.25, -0.2) is 9.07 Å². The molecule has 4 aromatic rings. The largest absolute Gasteiger partial charge is 0.488 e. The van der Waals surface area contributed by atoms with E-state index in [4.69, 9.17) is 4.74 Å². The minimum atomic E-state index is -0.988. The highest BCUT2D eigenvalue weighted by atomic mass is 19.1. The molecule has 1 atom stereocenters. The van der Waals surface area contributed by atoms with Crippen molar-refractivity contribution in [1.82, 2.24) is 15.1 Å². The molecule has 0 unspecified atom stereocenters. The highest BCUT2D eigenvalue weighted by molar-refractivity contribution is 5.94. The van der Waals surface area contributed by atoms with Crippen LogP contribution in [0.4, 0.5) is 4.39 Å². The van der Waals surface area contributed by atoms with Gasteiger partial charge in [0.05, 0.1) is 17.8 Å². The maximum atomic E-state index is 13.7. The van der Waals surface area contributed by atoms with Crippen LogP contribution >= 0.6 is 0 Å². The van der Waals surface area contributed by atoms with Crippen molar-refractivity contribution < 1.29 is 23.8 Å². The summed E-state index contributed by atoms with van der Waals surface area (Å²) in [5, 5.41) is 16.7. The standard InChI is InChI=1S/C30H30FN3O4/c1-20(2)16-23(17-29(35)36)32-30(37)26-18-27(34(33-26)24-14-12-22(31)13-15-24)25-10-6-7-11-28(25)38-19-21-8-4-3-5-9-21/h3-15,18,20,23H,16-17,19H2,1-2H3,(H,32,37)(H,35,36)/t23-/m0/s1. The number of rotatable bonds is 11. The van der Waals surface area contributed by atoms with Crippen molar-refractivity contribution in [3.05, 3.63) is 102 Å². The number of carbonyl (C=O) groups is 2. The van der Waals surface area contributed by atoms with Crippen molar-refractivity contribution in [1.29, 1.82) is 0 Å². The molecule has 0 aliphatic rings. The molecule has 2 N–H and O–H groups in total. The summed E-state index contributed by atoms with van der Waals surface area (Å²) < 4.78 is 21.4. The molecule has 7 nitrogen and oxygen atoms in total. The first kappa shape index (κ1) is 26.6. The van der Waals surface area contributed by atoms with Gasteiger partial charge in [-0.15, -0.1) is 0 Å². The molecule has 8 heteroatoms. The van der Waals surface area contributed by atoms with E-state index in [1.807, 2.05) is 68.4 Å². The van der Waals surface area contributed by atoms with Crippen molar-refractivity contribution in [3.63, 3.8) is 0 Å². The molecular formula is C30H30FN3O4. The third-order valence-electron chi connectivity index (χ3n) is 5.93. The van der Waals surface area contributed by atoms with Crippen molar-refractivity contribution in [2.45, 2.75) is 39.3 Å². The van der Waals surface area contributed by atoms with E-state index in [0.717, 1.165) is 5.56 Å². The lowest BCUT2D eigenvalue weighted by Gasteiger charge is -2.18. The SMILES string of the molecule is CC(C)C[C@@H](CC(=O)O)NC(=O)c1cc(-c2ccccc2OCc2ccccc2)n(-c2ccc(F)cc2)n1. The average molecular weight is 516 g/mol. The minimum absolute atomic E-state index is 0.112. The third kappa shape index (κ3) is 6.85. The van der Waals surface area contributed by atoms with E-state index in [2.05, 4.69) is 10.4 Å². The lowest BCUT2D eigenvalue weighted by molar-refractivity contribution is -0.137. The fourth-order valence-corrected chi connectivity index (χ4v) is 4.23. The summed E-state index contributed by atoms with van der Waals surface area (Å²) in [6, 6.07) is 24.1. The van der Waals surface area contributed by atoms with Crippen LogP contribution in [0.5, 0.6) is 5.75 Å². The number of hydrogen-bond donors (Lipinski definition) is 2. The number of carbonyl (C=O) groups excluding carboxylic acids is 1. The number of aromatic nitrogens is 2. The molecule has 4 rings (SSSR count). The van der Waals surface area contributed by atoms with Crippen LogP contribution in [0.1, 0.15) is 42.7 Å². The van der Waals surface area contributed by atoms with E-state index in [-0.39, 0.29) is 18.0 Å². The zero-order valence-corrected chi connectivity index (χ0v) is 21.3. The molecule has 38 heavy (non-hydrogen) atoms. The predicted molar refractivity (Wildman–Crippen MR) is 143 cm³/mol. The first-order chi connectivity index (χ1) is 18.3. The quantitative estimate of drug-likeness (QED) is 0.260. The second kappa shape index (κ2) is 12.2. The summed E-state index contributed by atoms with van der Waals surface area (Å²) in [6.45, 7) is 4.28. The molecule has 1 heterocycles. The van der Waals surface area contributed by atoms with Gasteiger partial charge in [0.2, 0.25) is 0 Å². The van der Waals surface area contributed by atoms with Crippen molar-refractivity contribution in [2.75, 3.05) is 0 Å². The maximum Gasteiger partial charge on any atom is 0.305 e. The van der Waals surface area contributed by atoms with Gasteiger partial charge in [-0.2, -0.15) is 5.10 Å². The second-order valence-corrected chi connectivity index (χ2v) is 9.47. The number of para-hydroxylation sites is 1. The van der Waals surface area contributed by atoms with Crippen LogP contribution in [0.25, 0.3) is 16.9 Å². The van der Waals surface area contributed by atoms with Gasteiger partial charge in [-0.05, 0) is 60.4 Å². The summed E-state index contributed by atoms with van der Waals surface area (Å²) in [6.07, 6.45) is 0.325. The minimum Gasteiger partial charge on any atom is -0.488 e. The van der Waals surface area contributed by atoms with Crippen molar-refractivity contribution in [3.8, 4) is 22.7 Å². The molecule has 0 aliphatic heterocycles. The molecule has 0 saturated heterocycles. The monoisotopic (exact) mass is 515 g/mol. The number of amides is 1. The molecule has 196 valence electrons. The molecule has 0 bridgehead atoms. The molecule has 0 spiro atoms. The van der Waals surface area contributed by atoms with Crippen LogP contribution < -0.4 is 10.1 Å².